The van der Waals surface area contributed by atoms with Crippen LogP contribution >= 0.6 is 0 Å². The Balaban J connectivity index is 1.52. The van der Waals surface area contributed by atoms with Gasteiger partial charge in [0, 0.05) is 44.6 Å². The lowest BCUT2D eigenvalue weighted by molar-refractivity contribution is -0.135. The van der Waals surface area contributed by atoms with Gasteiger partial charge in [-0.15, -0.1) is 0 Å². The van der Waals surface area contributed by atoms with Crippen molar-refractivity contribution in [3.8, 4) is 5.75 Å². The minimum absolute atomic E-state index is 0.299. The van der Waals surface area contributed by atoms with Crippen molar-refractivity contribution in [2.75, 3.05) is 56.6 Å². The van der Waals surface area contributed by atoms with E-state index in [2.05, 4.69) is 48.0 Å². The highest BCUT2D eigenvalue weighted by atomic mass is 16.5. The zero-order valence-electron chi connectivity index (χ0n) is 20.5. The van der Waals surface area contributed by atoms with E-state index in [9.17, 15) is 9.59 Å². The second-order valence-electron chi connectivity index (χ2n) is 9.24. The van der Waals surface area contributed by atoms with E-state index in [-0.39, 0.29) is 11.8 Å². The molecule has 2 amide bonds. The molecular weight excluding hydrogens is 428 g/mol. The maximum absolute atomic E-state index is 12.9. The van der Waals surface area contributed by atoms with Crippen LogP contribution in [-0.4, -0.2) is 68.0 Å². The number of hydrogen-bond donors (Lipinski definition) is 1. The summed E-state index contributed by atoms with van der Waals surface area (Å²) in [6, 6.07) is 15.4. The van der Waals surface area contributed by atoms with E-state index in [1.807, 2.05) is 36.4 Å². The van der Waals surface area contributed by atoms with Crippen LogP contribution in [0.25, 0.3) is 5.57 Å². The second kappa shape index (κ2) is 10.3. The van der Waals surface area contributed by atoms with E-state index >= 15 is 0 Å². The standard InChI is InChI=1S/C27H34N4O3/c1-5-30-14-16-31(17-15-30)22-10-8-21(9-11-22)28-25-24(26(32)29(4)27(25)33)20-6-12-23(13-7-20)34-18-19(2)3/h6-13,19,28H,5,14-18H2,1-4H3. The first-order chi connectivity index (χ1) is 16.4. The Morgan fingerprint density at radius 1 is 0.912 bits per heavy atom. The second-order valence-corrected chi connectivity index (χ2v) is 9.24. The number of anilines is 2. The Kier molecular flexibility index (Phi) is 7.22. The molecule has 2 heterocycles. The molecule has 180 valence electrons. The molecule has 0 spiro atoms. The number of nitrogens with one attached hydrogen (secondary N) is 1. The van der Waals surface area contributed by atoms with Crippen LogP contribution in [0.5, 0.6) is 5.75 Å². The molecule has 0 aliphatic carbocycles. The first-order valence-electron chi connectivity index (χ1n) is 12.0. The third-order valence-corrected chi connectivity index (χ3v) is 6.33. The first kappa shape index (κ1) is 23.8. The van der Waals surface area contributed by atoms with Gasteiger partial charge in [0.2, 0.25) is 0 Å². The summed E-state index contributed by atoms with van der Waals surface area (Å²) in [6.45, 7) is 12.2. The number of ether oxygens (including phenoxy) is 1. The van der Waals surface area contributed by atoms with Crippen molar-refractivity contribution in [2.24, 2.45) is 5.92 Å². The molecule has 0 aromatic heterocycles. The summed E-state index contributed by atoms with van der Waals surface area (Å²) in [5.41, 5.74) is 3.30. The normalized spacial score (nSPS) is 17.2. The molecule has 0 radical (unpaired) electrons. The highest BCUT2D eigenvalue weighted by Crippen LogP contribution is 2.31. The lowest BCUT2D eigenvalue weighted by Gasteiger charge is -2.35. The van der Waals surface area contributed by atoms with E-state index in [0.29, 0.717) is 29.4 Å². The molecule has 0 unspecified atom stereocenters. The van der Waals surface area contributed by atoms with Crippen LogP contribution in [0.15, 0.2) is 54.2 Å². The average Bonchev–Trinajstić information content (AvgIpc) is 3.07. The van der Waals surface area contributed by atoms with E-state index in [1.54, 1.807) is 0 Å². The zero-order chi connectivity index (χ0) is 24.2. The monoisotopic (exact) mass is 462 g/mol. The molecule has 7 nitrogen and oxygen atoms in total. The zero-order valence-corrected chi connectivity index (χ0v) is 20.5. The Morgan fingerprint density at radius 2 is 1.56 bits per heavy atom. The summed E-state index contributed by atoms with van der Waals surface area (Å²) in [7, 11) is 1.51. The molecule has 0 saturated carbocycles. The van der Waals surface area contributed by atoms with Crippen molar-refractivity contribution >= 4 is 28.8 Å². The van der Waals surface area contributed by atoms with E-state index < -0.39 is 0 Å². The number of carbonyl (C=O) groups excluding carboxylic acids is 2. The Labute approximate surface area is 202 Å². The highest BCUT2D eigenvalue weighted by molar-refractivity contribution is 6.36. The lowest BCUT2D eigenvalue weighted by atomic mass is 10.0. The molecule has 2 aromatic rings. The maximum atomic E-state index is 12.9. The minimum atomic E-state index is -0.333. The van der Waals surface area contributed by atoms with Gasteiger partial charge in [-0.2, -0.15) is 0 Å². The van der Waals surface area contributed by atoms with E-state index in [4.69, 9.17) is 4.74 Å². The van der Waals surface area contributed by atoms with Gasteiger partial charge < -0.3 is 19.9 Å². The van der Waals surface area contributed by atoms with Crippen molar-refractivity contribution < 1.29 is 14.3 Å². The first-order valence-corrected chi connectivity index (χ1v) is 12.0. The molecule has 0 bridgehead atoms. The summed E-state index contributed by atoms with van der Waals surface area (Å²) in [4.78, 5) is 31.7. The molecule has 34 heavy (non-hydrogen) atoms. The third-order valence-electron chi connectivity index (χ3n) is 6.33. The van der Waals surface area contributed by atoms with Crippen molar-refractivity contribution in [2.45, 2.75) is 20.8 Å². The van der Waals surface area contributed by atoms with Gasteiger partial charge in [0.15, 0.2) is 0 Å². The van der Waals surface area contributed by atoms with Crippen molar-refractivity contribution in [3.05, 3.63) is 59.8 Å². The van der Waals surface area contributed by atoms with Crippen molar-refractivity contribution in [1.29, 1.82) is 0 Å². The summed E-state index contributed by atoms with van der Waals surface area (Å²) in [6.07, 6.45) is 0. The van der Waals surface area contributed by atoms with Gasteiger partial charge in [-0.05, 0) is 54.4 Å². The van der Waals surface area contributed by atoms with Crippen LogP contribution in [0.1, 0.15) is 26.3 Å². The molecule has 2 aromatic carbocycles. The molecule has 1 fully saturated rings. The van der Waals surface area contributed by atoms with Gasteiger partial charge >= 0.3 is 0 Å². The maximum Gasteiger partial charge on any atom is 0.277 e. The van der Waals surface area contributed by atoms with Crippen LogP contribution in [0.2, 0.25) is 0 Å². The summed E-state index contributed by atoms with van der Waals surface area (Å²) in [5, 5.41) is 3.21. The van der Waals surface area contributed by atoms with Crippen LogP contribution in [-0.2, 0) is 9.59 Å². The third kappa shape index (κ3) is 5.09. The smallest absolute Gasteiger partial charge is 0.277 e. The highest BCUT2D eigenvalue weighted by Gasteiger charge is 2.36. The Morgan fingerprint density at radius 3 is 2.15 bits per heavy atom. The van der Waals surface area contributed by atoms with E-state index in [0.717, 1.165) is 49.1 Å². The van der Waals surface area contributed by atoms with Crippen molar-refractivity contribution in [1.82, 2.24) is 9.80 Å². The van der Waals surface area contributed by atoms with Crippen LogP contribution in [0.4, 0.5) is 11.4 Å². The number of imide groups is 1. The minimum Gasteiger partial charge on any atom is -0.493 e. The fraction of sp³-hybridized carbons (Fsp3) is 0.407. The SMILES string of the molecule is CCN1CCN(c2ccc(NC3=C(c4ccc(OCC(C)C)cc4)C(=O)N(C)C3=O)cc2)CC1. The fourth-order valence-electron chi connectivity index (χ4n) is 4.23. The van der Waals surface area contributed by atoms with Crippen molar-refractivity contribution in [3.63, 3.8) is 0 Å². The average molecular weight is 463 g/mol. The van der Waals surface area contributed by atoms with Crippen LogP contribution in [0, 0.1) is 5.92 Å². The Hall–Kier alpha value is -3.32. The number of benzene rings is 2. The van der Waals surface area contributed by atoms with Gasteiger partial charge in [0.05, 0.1) is 12.2 Å². The van der Waals surface area contributed by atoms with Gasteiger partial charge in [-0.1, -0.05) is 32.9 Å². The number of carbonyl (C=O) groups is 2. The number of rotatable bonds is 8. The number of likely N-dealkylation sites (N-methyl/N-ethyl adjacent to an activating group) is 2. The fourth-order valence-corrected chi connectivity index (χ4v) is 4.23. The molecule has 1 N–H and O–H groups in total. The molecule has 1 saturated heterocycles. The summed E-state index contributed by atoms with van der Waals surface area (Å²) >= 11 is 0. The predicted octanol–water partition coefficient (Wildman–Crippen LogP) is 3.69. The predicted molar refractivity (Wildman–Crippen MR) is 136 cm³/mol. The number of piperazine rings is 1. The quantitative estimate of drug-likeness (QED) is 0.604. The lowest BCUT2D eigenvalue weighted by Crippen LogP contribution is -2.46. The van der Waals surface area contributed by atoms with Gasteiger partial charge in [0.1, 0.15) is 11.4 Å². The van der Waals surface area contributed by atoms with Gasteiger partial charge in [-0.3, -0.25) is 14.5 Å². The topological polar surface area (TPSA) is 65.1 Å². The molecular formula is C27H34N4O3. The molecule has 4 rings (SSSR count). The van der Waals surface area contributed by atoms with Crippen LogP contribution in [0.3, 0.4) is 0 Å². The molecule has 7 heteroatoms. The van der Waals surface area contributed by atoms with Gasteiger partial charge in [-0.25, -0.2) is 0 Å². The van der Waals surface area contributed by atoms with E-state index in [1.165, 1.54) is 12.7 Å². The van der Waals surface area contributed by atoms with Crippen LogP contribution < -0.4 is 15.0 Å². The summed E-state index contributed by atoms with van der Waals surface area (Å²) in [5.74, 6) is 0.523. The number of amides is 2. The van der Waals surface area contributed by atoms with Gasteiger partial charge in [0.25, 0.3) is 11.8 Å². The largest absolute Gasteiger partial charge is 0.493 e. The number of nitrogens with zero attached hydrogens (tertiary/aromatic N) is 3. The summed E-state index contributed by atoms with van der Waals surface area (Å²) < 4.78 is 5.75. The Bertz CT molecular complexity index is 1050. The number of hydrogen-bond acceptors (Lipinski definition) is 6. The molecule has 2 aliphatic heterocycles. The molecule has 0 atom stereocenters. The molecule has 2 aliphatic rings.